The van der Waals surface area contributed by atoms with Crippen molar-refractivity contribution in [3.8, 4) is 0 Å². The lowest BCUT2D eigenvalue weighted by Crippen LogP contribution is -2.53. The number of aliphatic imine (C=N–C) groups is 2. The van der Waals surface area contributed by atoms with Crippen LogP contribution >= 0.6 is 35.3 Å². The first-order chi connectivity index (χ1) is 17.5. The normalized spacial score (nSPS) is 21.4. The topological polar surface area (TPSA) is 94.6 Å². The van der Waals surface area contributed by atoms with Gasteiger partial charge < -0.3 is 19.8 Å². The Balaban J connectivity index is 1.34. The van der Waals surface area contributed by atoms with Crippen LogP contribution < -0.4 is 10.0 Å². The highest BCUT2D eigenvalue weighted by Crippen LogP contribution is 2.44. The molecular formula is C23H26ClF3N6O2S2. The molecule has 37 heavy (non-hydrogen) atoms. The van der Waals surface area contributed by atoms with Crippen LogP contribution in [0.25, 0.3) is 0 Å². The monoisotopic (exact) mass is 574 g/mol. The van der Waals surface area contributed by atoms with Crippen LogP contribution in [-0.4, -0.2) is 84.3 Å². The van der Waals surface area contributed by atoms with E-state index in [9.17, 15) is 22.8 Å². The van der Waals surface area contributed by atoms with E-state index in [4.69, 9.17) is 17.3 Å². The molecule has 3 aliphatic rings. The summed E-state index contributed by atoms with van der Waals surface area (Å²) >= 11 is 8.92. The first-order valence-corrected chi connectivity index (χ1v) is 13.9. The number of allylic oxidation sites excluding steroid dienone is 1. The maximum atomic E-state index is 13.0. The summed E-state index contributed by atoms with van der Waals surface area (Å²) in [5.41, 5.74) is 6.69. The molecule has 4 rings (SSSR count). The Hall–Kier alpha value is -2.38. The molecule has 0 bridgehead atoms. The van der Waals surface area contributed by atoms with E-state index >= 15 is 0 Å². The number of carbonyl (C=O) groups is 2. The number of rotatable bonds is 7. The average Bonchev–Trinajstić information content (AvgIpc) is 3.24. The number of alkyl halides is 3. The Morgan fingerprint density at radius 1 is 1.27 bits per heavy atom. The van der Waals surface area contributed by atoms with E-state index in [0.717, 1.165) is 11.8 Å². The van der Waals surface area contributed by atoms with E-state index in [2.05, 4.69) is 9.98 Å². The summed E-state index contributed by atoms with van der Waals surface area (Å²) < 4.78 is 40.3. The SMILES string of the molecule is CSN(CC(N)=O)c1ccc(CC(=O)N2CCN(C3=NC=NC4SC(CC(F)(F)F)=CC34)CC2)c(Cl)c1. The number of halogens is 4. The van der Waals surface area contributed by atoms with Gasteiger partial charge in [0.1, 0.15) is 24.1 Å². The van der Waals surface area contributed by atoms with Crippen LogP contribution in [0.5, 0.6) is 0 Å². The lowest BCUT2D eigenvalue weighted by atomic mass is 10.0. The molecule has 0 radical (unpaired) electrons. The Bertz CT molecular complexity index is 1140. The van der Waals surface area contributed by atoms with Crippen LogP contribution in [0, 0.1) is 5.92 Å². The molecule has 3 heterocycles. The zero-order valence-corrected chi connectivity index (χ0v) is 22.3. The number of amides is 2. The number of thioether (sulfide) groups is 1. The molecule has 200 valence electrons. The number of carbonyl (C=O) groups excluding carboxylic acids is 2. The molecular weight excluding hydrogens is 549 g/mol. The highest BCUT2D eigenvalue weighted by atomic mass is 35.5. The van der Waals surface area contributed by atoms with Gasteiger partial charge in [0.2, 0.25) is 11.8 Å². The minimum atomic E-state index is -4.26. The van der Waals surface area contributed by atoms with E-state index in [1.807, 2.05) is 11.2 Å². The maximum Gasteiger partial charge on any atom is 0.393 e. The number of piperazine rings is 1. The van der Waals surface area contributed by atoms with Crippen molar-refractivity contribution in [2.45, 2.75) is 24.4 Å². The molecule has 1 saturated heterocycles. The standard InChI is InChI=1S/C23H26ClF3N6O2S2/c1-36-33(12-19(28)34)15-3-2-14(18(24)9-15)8-20(35)31-4-6-32(7-5-31)21-17-10-16(11-23(25,26)27)37-22(17)30-13-29-21/h2-3,9-10,13,17,22H,4-8,11-12H2,1H3,(H2,28,34). The van der Waals surface area contributed by atoms with Crippen LogP contribution in [0.15, 0.2) is 39.2 Å². The number of amidine groups is 1. The number of nitrogens with two attached hydrogens (primary N) is 1. The zero-order valence-electron chi connectivity index (χ0n) is 19.9. The molecule has 14 heteroatoms. The predicted molar refractivity (Wildman–Crippen MR) is 143 cm³/mol. The average molecular weight is 575 g/mol. The van der Waals surface area contributed by atoms with Crippen LogP contribution in [0.3, 0.4) is 0 Å². The lowest BCUT2D eigenvalue weighted by Gasteiger charge is -2.39. The van der Waals surface area contributed by atoms with Crippen LogP contribution in [0.4, 0.5) is 18.9 Å². The predicted octanol–water partition coefficient (Wildman–Crippen LogP) is 3.56. The Morgan fingerprint density at radius 3 is 2.62 bits per heavy atom. The second-order valence-corrected chi connectivity index (χ2v) is 11.2. The lowest BCUT2D eigenvalue weighted by molar-refractivity contribution is -0.131. The summed E-state index contributed by atoms with van der Waals surface area (Å²) in [7, 11) is 0. The molecule has 0 aromatic heterocycles. The Labute approximate surface area is 226 Å². The van der Waals surface area contributed by atoms with Crippen LogP contribution in [-0.2, 0) is 16.0 Å². The molecule has 1 aromatic rings. The fourth-order valence-corrected chi connectivity index (χ4v) is 6.47. The van der Waals surface area contributed by atoms with Crippen molar-refractivity contribution < 1.29 is 22.8 Å². The summed E-state index contributed by atoms with van der Waals surface area (Å²) in [6, 6.07) is 5.28. The second kappa shape index (κ2) is 11.6. The van der Waals surface area contributed by atoms with Crippen molar-refractivity contribution in [1.29, 1.82) is 0 Å². The summed E-state index contributed by atoms with van der Waals surface area (Å²) in [6.07, 6.45) is -0.225. The quantitative estimate of drug-likeness (QED) is 0.501. The van der Waals surface area contributed by atoms with Gasteiger partial charge in [0, 0.05) is 43.1 Å². The third-order valence-corrected chi connectivity index (χ3v) is 8.54. The number of nitrogens with zero attached hydrogens (tertiary/aromatic N) is 5. The number of hydrogen-bond acceptors (Lipinski definition) is 8. The first-order valence-electron chi connectivity index (χ1n) is 11.5. The molecule has 2 unspecified atom stereocenters. The van der Waals surface area contributed by atoms with Gasteiger partial charge >= 0.3 is 6.18 Å². The van der Waals surface area contributed by atoms with E-state index < -0.39 is 18.5 Å². The van der Waals surface area contributed by atoms with E-state index in [0.29, 0.717) is 48.3 Å². The van der Waals surface area contributed by atoms with Gasteiger partial charge in [-0.15, -0.1) is 11.8 Å². The molecule has 1 aromatic carbocycles. The second-order valence-electron chi connectivity index (χ2n) is 8.72. The number of anilines is 1. The van der Waals surface area contributed by atoms with Gasteiger partial charge in [-0.3, -0.25) is 14.6 Å². The van der Waals surface area contributed by atoms with Gasteiger partial charge in [-0.25, -0.2) is 4.99 Å². The third-order valence-electron chi connectivity index (χ3n) is 6.16. The van der Waals surface area contributed by atoms with Crippen molar-refractivity contribution in [2.24, 2.45) is 21.6 Å². The number of hydrogen-bond donors (Lipinski definition) is 1. The molecule has 2 N–H and O–H groups in total. The first kappa shape index (κ1) is 27.6. The third kappa shape index (κ3) is 6.94. The van der Waals surface area contributed by atoms with Crippen molar-refractivity contribution in [1.82, 2.24) is 9.80 Å². The van der Waals surface area contributed by atoms with E-state index in [1.54, 1.807) is 33.5 Å². The number of benzene rings is 1. The fourth-order valence-electron chi connectivity index (χ4n) is 4.41. The van der Waals surface area contributed by atoms with Gasteiger partial charge in [0.25, 0.3) is 0 Å². The van der Waals surface area contributed by atoms with Gasteiger partial charge in [-0.05, 0) is 22.6 Å². The van der Waals surface area contributed by atoms with Gasteiger partial charge in [0.15, 0.2) is 0 Å². The van der Waals surface area contributed by atoms with Crippen LogP contribution in [0.1, 0.15) is 12.0 Å². The Kier molecular flexibility index (Phi) is 8.64. The summed E-state index contributed by atoms with van der Waals surface area (Å²) in [6.45, 7) is 2.02. The number of fused-ring (bicyclic) bond motifs is 1. The largest absolute Gasteiger partial charge is 0.393 e. The molecule has 1 fully saturated rings. The van der Waals surface area contributed by atoms with E-state index in [-0.39, 0.29) is 35.1 Å². The minimum Gasteiger partial charge on any atom is -0.368 e. The fraction of sp³-hybridized carbons (Fsp3) is 0.478. The van der Waals surface area contributed by atoms with Gasteiger partial charge in [-0.1, -0.05) is 35.7 Å². The van der Waals surface area contributed by atoms with Gasteiger partial charge in [0.05, 0.1) is 18.8 Å². The van der Waals surface area contributed by atoms with Crippen molar-refractivity contribution >= 4 is 65.0 Å². The molecule has 0 saturated carbocycles. The smallest absolute Gasteiger partial charge is 0.368 e. The summed E-state index contributed by atoms with van der Waals surface area (Å²) in [4.78, 5) is 36.9. The number of primary amides is 1. The highest BCUT2D eigenvalue weighted by Gasteiger charge is 2.40. The molecule has 2 atom stereocenters. The van der Waals surface area contributed by atoms with E-state index in [1.165, 1.54) is 18.3 Å². The molecule has 0 spiro atoms. The highest BCUT2D eigenvalue weighted by molar-refractivity contribution is 8.04. The summed E-state index contributed by atoms with van der Waals surface area (Å²) in [5.74, 6) is -0.135. The van der Waals surface area contributed by atoms with Crippen molar-refractivity contribution in [2.75, 3.05) is 43.3 Å². The molecule has 3 aliphatic heterocycles. The summed E-state index contributed by atoms with van der Waals surface area (Å²) in [5, 5.41) is 0.0923. The van der Waals surface area contributed by atoms with Gasteiger partial charge in [-0.2, -0.15) is 13.2 Å². The minimum absolute atomic E-state index is 0.0386. The van der Waals surface area contributed by atoms with Crippen molar-refractivity contribution in [3.05, 3.63) is 39.8 Å². The molecule has 8 nitrogen and oxygen atoms in total. The molecule has 0 aliphatic carbocycles. The van der Waals surface area contributed by atoms with Crippen LogP contribution in [0.2, 0.25) is 5.02 Å². The molecule has 2 amide bonds. The maximum absolute atomic E-state index is 13.0. The zero-order chi connectivity index (χ0) is 26.7. The Morgan fingerprint density at radius 2 is 2.00 bits per heavy atom. The van der Waals surface area contributed by atoms with Crippen molar-refractivity contribution in [3.63, 3.8) is 0 Å².